The van der Waals surface area contributed by atoms with Crippen LogP contribution in [0.4, 0.5) is 0 Å². The molecule has 6 nitrogen and oxygen atoms in total. The van der Waals surface area contributed by atoms with Gasteiger partial charge in [-0.3, -0.25) is 9.59 Å². The van der Waals surface area contributed by atoms with E-state index in [0.29, 0.717) is 23.7 Å². The topological polar surface area (TPSA) is 73.2 Å². The van der Waals surface area contributed by atoms with Crippen LogP contribution in [-0.4, -0.2) is 28.3 Å². The van der Waals surface area contributed by atoms with Crippen LogP contribution in [0, 0.1) is 6.92 Å². The van der Waals surface area contributed by atoms with Crippen LogP contribution in [0.2, 0.25) is 5.02 Å². The molecule has 160 valence electrons. The first-order valence-electron chi connectivity index (χ1n) is 10.5. The highest BCUT2D eigenvalue weighted by molar-refractivity contribution is 6.30. The number of rotatable bonds is 8. The molecule has 0 bridgehead atoms. The number of benzene rings is 1. The molecule has 2 aromatic rings. The molecule has 0 saturated carbocycles. The summed E-state index contributed by atoms with van der Waals surface area (Å²) < 4.78 is 7.07. The quantitative estimate of drug-likeness (QED) is 0.633. The minimum Gasteiger partial charge on any atom is -0.463 e. The van der Waals surface area contributed by atoms with E-state index in [2.05, 4.69) is 16.5 Å². The molecular weight excluding hydrogens is 402 g/mol. The Morgan fingerprint density at radius 2 is 2.13 bits per heavy atom. The van der Waals surface area contributed by atoms with Gasteiger partial charge in [0.05, 0.1) is 5.69 Å². The molecule has 0 radical (unpaired) electrons. The van der Waals surface area contributed by atoms with Gasteiger partial charge in [-0.1, -0.05) is 36.2 Å². The van der Waals surface area contributed by atoms with Gasteiger partial charge in [-0.2, -0.15) is 4.68 Å². The predicted octanol–water partition coefficient (Wildman–Crippen LogP) is 4.36. The summed E-state index contributed by atoms with van der Waals surface area (Å²) in [5, 5.41) is 7.77. The third kappa shape index (κ3) is 5.72. The van der Waals surface area contributed by atoms with Crippen LogP contribution in [0.5, 0.6) is 5.88 Å². The Hall–Kier alpha value is -2.60. The molecule has 0 spiro atoms. The number of nitrogens with one attached hydrogen (secondary N) is 1. The molecule has 1 amide bonds. The lowest BCUT2D eigenvalue weighted by atomic mass is 9.97. The van der Waals surface area contributed by atoms with Crippen molar-refractivity contribution in [2.75, 3.05) is 6.54 Å². The van der Waals surface area contributed by atoms with Crippen molar-refractivity contribution >= 4 is 17.5 Å². The summed E-state index contributed by atoms with van der Waals surface area (Å²) in [6, 6.07) is 8.12. The Balaban J connectivity index is 1.67. The van der Waals surface area contributed by atoms with Crippen molar-refractivity contribution in [3.8, 4) is 11.6 Å². The summed E-state index contributed by atoms with van der Waals surface area (Å²) >= 11 is 6.08. The Kier molecular flexibility index (Phi) is 7.69. The summed E-state index contributed by atoms with van der Waals surface area (Å²) in [6.45, 7) is 4.35. The molecule has 0 fully saturated rings. The Labute approximate surface area is 181 Å². The largest absolute Gasteiger partial charge is 0.463 e. The van der Waals surface area contributed by atoms with Gasteiger partial charge in [0.15, 0.2) is 6.10 Å². The third-order valence-electron chi connectivity index (χ3n) is 5.23. The number of ether oxygens (including phenoxy) is 1. The Bertz CT molecular complexity index is 984. The second-order valence-electron chi connectivity index (χ2n) is 7.52. The van der Waals surface area contributed by atoms with Crippen LogP contribution in [0.1, 0.15) is 51.0 Å². The van der Waals surface area contributed by atoms with Crippen LogP contribution in [0.3, 0.4) is 0 Å². The second kappa shape index (κ2) is 10.4. The summed E-state index contributed by atoms with van der Waals surface area (Å²) in [7, 11) is 0. The summed E-state index contributed by atoms with van der Waals surface area (Å²) in [6.07, 6.45) is 7.72. The zero-order chi connectivity index (χ0) is 21.5. The van der Waals surface area contributed by atoms with Crippen LogP contribution in [0.25, 0.3) is 5.69 Å². The van der Waals surface area contributed by atoms with E-state index >= 15 is 0 Å². The van der Waals surface area contributed by atoms with E-state index in [1.165, 1.54) is 35.2 Å². The second-order valence-corrected chi connectivity index (χ2v) is 7.95. The Morgan fingerprint density at radius 3 is 2.87 bits per heavy atom. The van der Waals surface area contributed by atoms with Crippen molar-refractivity contribution in [3.63, 3.8) is 0 Å². The molecule has 7 heteroatoms. The zero-order valence-electron chi connectivity index (χ0n) is 17.5. The minimum atomic E-state index is -0.677. The van der Waals surface area contributed by atoms with Gasteiger partial charge in [0.25, 0.3) is 11.5 Å². The highest BCUT2D eigenvalue weighted by Crippen LogP contribution is 2.20. The maximum absolute atomic E-state index is 12.6. The number of carbonyl (C=O) groups excluding carboxylic acids is 1. The number of amides is 1. The fourth-order valence-electron chi connectivity index (χ4n) is 3.50. The van der Waals surface area contributed by atoms with Gasteiger partial charge in [0, 0.05) is 23.7 Å². The van der Waals surface area contributed by atoms with E-state index in [9.17, 15) is 9.59 Å². The number of hydrogen-bond acceptors (Lipinski definition) is 4. The van der Waals surface area contributed by atoms with Crippen LogP contribution < -0.4 is 15.6 Å². The molecule has 1 aromatic heterocycles. The molecule has 1 heterocycles. The first kappa shape index (κ1) is 22.1. The molecule has 1 aromatic carbocycles. The molecular formula is C23H28ClN3O3. The van der Waals surface area contributed by atoms with E-state index in [1.807, 2.05) is 19.9 Å². The van der Waals surface area contributed by atoms with Gasteiger partial charge in [-0.05, 0) is 63.1 Å². The average molecular weight is 430 g/mol. The number of nitrogens with zero attached hydrogens (tertiary/aromatic N) is 2. The first-order valence-corrected chi connectivity index (χ1v) is 10.8. The van der Waals surface area contributed by atoms with Gasteiger partial charge in [-0.15, -0.1) is 5.10 Å². The van der Waals surface area contributed by atoms with Crippen LogP contribution in [0.15, 0.2) is 46.8 Å². The molecule has 1 aliphatic carbocycles. The van der Waals surface area contributed by atoms with E-state index in [4.69, 9.17) is 16.3 Å². The molecule has 0 aliphatic heterocycles. The maximum atomic E-state index is 12.6. The van der Waals surface area contributed by atoms with E-state index in [0.717, 1.165) is 24.8 Å². The number of allylic oxidation sites excluding steroid dienone is 1. The monoisotopic (exact) mass is 429 g/mol. The molecule has 0 unspecified atom stereocenters. The minimum absolute atomic E-state index is 0.174. The number of halogens is 1. The van der Waals surface area contributed by atoms with Gasteiger partial charge >= 0.3 is 0 Å². The summed E-state index contributed by atoms with van der Waals surface area (Å²) in [5.74, 6) is 0.0401. The van der Waals surface area contributed by atoms with Crippen molar-refractivity contribution in [3.05, 3.63) is 62.9 Å². The number of carbonyl (C=O) groups is 1. The third-order valence-corrected chi connectivity index (χ3v) is 5.47. The lowest BCUT2D eigenvalue weighted by molar-refractivity contribution is -0.128. The molecule has 3 rings (SSSR count). The SMILES string of the molecule is CC[C@@H](Oc1ccc(=O)n(-c2cc(Cl)ccc2C)n1)C(=O)NCCC1=CCCCC1. The van der Waals surface area contributed by atoms with E-state index in [1.54, 1.807) is 12.1 Å². The smallest absolute Gasteiger partial charge is 0.271 e. The van der Waals surface area contributed by atoms with Crippen molar-refractivity contribution in [1.29, 1.82) is 0 Å². The fraction of sp³-hybridized carbons (Fsp3) is 0.435. The molecule has 1 atom stereocenters. The predicted molar refractivity (Wildman–Crippen MR) is 118 cm³/mol. The van der Waals surface area contributed by atoms with Gasteiger partial charge < -0.3 is 10.1 Å². The van der Waals surface area contributed by atoms with Crippen molar-refractivity contribution in [2.45, 2.75) is 58.5 Å². The summed E-state index contributed by atoms with van der Waals surface area (Å²) in [4.78, 5) is 24.9. The zero-order valence-corrected chi connectivity index (χ0v) is 18.2. The molecule has 0 saturated heterocycles. The molecule has 1 aliphatic rings. The van der Waals surface area contributed by atoms with E-state index < -0.39 is 6.10 Å². The van der Waals surface area contributed by atoms with Crippen molar-refractivity contribution in [1.82, 2.24) is 15.1 Å². The number of aromatic nitrogens is 2. The van der Waals surface area contributed by atoms with E-state index in [-0.39, 0.29) is 17.3 Å². The highest BCUT2D eigenvalue weighted by atomic mass is 35.5. The molecule has 30 heavy (non-hydrogen) atoms. The lowest BCUT2D eigenvalue weighted by Crippen LogP contribution is -2.39. The summed E-state index contributed by atoms with van der Waals surface area (Å²) in [5.41, 5.74) is 2.55. The highest BCUT2D eigenvalue weighted by Gasteiger charge is 2.19. The Morgan fingerprint density at radius 1 is 1.30 bits per heavy atom. The average Bonchev–Trinajstić information content (AvgIpc) is 2.75. The van der Waals surface area contributed by atoms with Crippen LogP contribution >= 0.6 is 11.6 Å². The first-order chi connectivity index (χ1) is 14.5. The standard InChI is InChI=1S/C23H28ClN3O3/c1-3-20(23(29)25-14-13-17-7-5-4-6-8-17)30-21-11-12-22(28)27(26-21)19-15-18(24)10-9-16(19)2/h7,9-12,15,20H,3-6,8,13-14H2,1-2H3,(H,25,29)/t20-/m1/s1. The molecule has 1 N–H and O–H groups in total. The van der Waals surface area contributed by atoms with Crippen LogP contribution in [-0.2, 0) is 4.79 Å². The van der Waals surface area contributed by atoms with Crippen molar-refractivity contribution in [2.24, 2.45) is 0 Å². The van der Waals surface area contributed by atoms with Gasteiger partial charge in [0.2, 0.25) is 5.88 Å². The van der Waals surface area contributed by atoms with Gasteiger partial charge in [-0.25, -0.2) is 0 Å². The van der Waals surface area contributed by atoms with Crippen molar-refractivity contribution < 1.29 is 9.53 Å². The number of aryl methyl sites for hydroxylation is 1. The van der Waals surface area contributed by atoms with Gasteiger partial charge in [0.1, 0.15) is 0 Å². The number of hydrogen-bond donors (Lipinski definition) is 1. The lowest BCUT2D eigenvalue weighted by Gasteiger charge is -2.18. The maximum Gasteiger partial charge on any atom is 0.271 e. The normalized spacial score (nSPS) is 14.7. The fourth-order valence-corrected chi connectivity index (χ4v) is 3.67.